The molecule has 0 bridgehead atoms. The topological polar surface area (TPSA) is 85.2 Å². The van der Waals surface area contributed by atoms with Crippen LogP contribution in [0.15, 0.2) is 60.0 Å². The molecule has 2 amide bonds. The van der Waals surface area contributed by atoms with Crippen LogP contribution in [-0.2, 0) is 0 Å². The predicted molar refractivity (Wildman–Crippen MR) is 115 cm³/mol. The van der Waals surface area contributed by atoms with Crippen molar-refractivity contribution in [2.45, 2.75) is 0 Å². The van der Waals surface area contributed by atoms with Gasteiger partial charge < -0.3 is 15.5 Å². The van der Waals surface area contributed by atoms with Crippen LogP contribution >= 0.6 is 11.3 Å². The highest BCUT2D eigenvalue weighted by Crippen LogP contribution is 2.22. The zero-order valence-electron chi connectivity index (χ0n) is 16.2. The molecule has 0 aliphatic rings. The van der Waals surface area contributed by atoms with Crippen LogP contribution < -0.4 is 15.5 Å². The number of carbonyl (C=O) groups excluding carboxylic acids is 2. The van der Waals surface area contributed by atoms with Gasteiger partial charge in [-0.3, -0.25) is 9.59 Å². The maximum absolute atomic E-state index is 13.6. The van der Waals surface area contributed by atoms with E-state index < -0.39 is 5.82 Å². The van der Waals surface area contributed by atoms with Gasteiger partial charge >= 0.3 is 0 Å². The van der Waals surface area contributed by atoms with E-state index in [1.807, 2.05) is 11.4 Å². The highest BCUT2D eigenvalue weighted by atomic mass is 32.1. The smallest absolute Gasteiger partial charge is 0.268 e. The van der Waals surface area contributed by atoms with Crippen molar-refractivity contribution in [2.75, 3.05) is 30.4 Å². The SMILES string of the molecule is CN(C(=O)c1cccs1)c1ccccc1C(=O)NCCNc1cccc(F)c1C#N. The first kappa shape index (κ1) is 21.0. The molecule has 0 unspecified atom stereocenters. The van der Waals surface area contributed by atoms with E-state index in [9.17, 15) is 14.0 Å². The molecule has 1 heterocycles. The molecule has 3 aromatic rings. The first-order valence-corrected chi connectivity index (χ1v) is 10.0. The Morgan fingerprint density at radius 3 is 2.63 bits per heavy atom. The minimum atomic E-state index is -0.598. The fourth-order valence-electron chi connectivity index (χ4n) is 2.89. The van der Waals surface area contributed by atoms with Gasteiger partial charge in [-0.25, -0.2) is 4.39 Å². The number of para-hydroxylation sites is 1. The molecule has 0 atom stereocenters. The number of rotatable bonds is 7. The number of nitrogens with zero attached hydrogens (tertiary/aromatic N) is 2. The summed E-state index contributed by atoms with van der Waals surface area (Å²) in [6.07, 6.45) is 0. The molecular weight excluding hydrogens is 403 g/mol. The Morgan fingerprint density at radius 2 is 1.90 bits per heavy atom. The highest BCUT2D eigenvalue weighted by Gasteiger charge is 2.20. The Morgan fingerprint density at radius 1 is 1.10 bits per heavy atom. The van der Waals surface area contributed by atoms with E-state index in [1.165, 1.54) is 28.4 Å². The van der Waals surface area contributed by atoms with E-state index in [4.69, 9.17) is 5.26 Å². The lowest BCUT2D eigenvalue weighted by Crippen LogP contribution is -2.32. The first-order valence-electron chi connectivity index (χ1n) is 9.14. The highest BCUT2D eigenvalue weighted by molar-refractivity contribution is 7.12. The third-order valence-corrected chi connectivity index (χ3v) is 5.26. The number of halogens is 1. The minimum absolute atomic E-state index is 0.0668. The van der Waals surface area contributed by atoms with Crippen LogP contribution in [0, 0.1) is 17.1 Å². The number of nitrogens with one attached hydrogen (secondary N) is 2. The van der Waals surface area contributed by atoms with Crippen LogP contribution in [0.1, 0.15) is 25.6 Å². The molecule has 0 aliphatic carbocycles. The van der Waals surface area contributed by atoms with Crippen LogP contribution in [0.3, 0.4) is 0 Å². The Kier molecular flexibility index (Phi) is 6.78. The fourth-order valence-corrected chi connectivity index (χ4v) is 3.59. The quantitative estimate of drug-likeness (QED) is 0.566. The number of hydrogen-bond donors (Lipinski definition) is 2. The number of hydrogen-bond acceptors (Lipinski definition) is 5. The zero-order valence-corrected chi connectivity index (χ0v) is 17.0. The average Bonchev–Trinajstić information content (AvgIpc) is 3.30. The molecule has 0 saturated carbocycles. The monoisotopic (exact) mass is 422 g/mol. The molecule has 0 spiro atoms. The van der Waals surface area contributed by atoms with E-state index in [2.05, 4.69) is 10.6 Å². The summed E-state index contributed by atoms with van der Waals surface area (Å²) < 4.78 is 13.6. The summed E-state index contributed by atoms with van der Waals surface area (Å²) in [7, 11) is 1.63. The number of thiophene rings is 1. The van der Waals surface area contributed by atoms with Gasteiger partial charge in [0.1, 0.15) is 17.4 Å². The second kappa shape index (κ2) is 9.67. The predicted octanol–water partition coefficient (Wildman–Crippen LogP) is 3.88. The fraction of sp³-hybridized carbons (Fsp3) is 0.136. The van der Waals surface area contributed by atoms with Crippen LogP contribution in [0.2, 0.25) is 0 Å². The van der Waals surface area contributed by atoms with Crippen molar-refractivity contribution in [3.05, 3.63) is 81.8 Å². The van der Waals surface area contributed by atoms with Crippen LogP contribution in [0.25, 0.3) is 0 Å². The first-order chi connectivity index (χ1) is 14.5. The molecule has 0 fully saturated rings. The summed E-state index contributed by atoms with van der Waals surface area (Å²) in [5, 5.41) is 16.6. The lowest BCUT2D eigenvalue weighted by Gasteiger charge is -2.20. The van der Waals surface area contributed by atoms with E-state index >= 15 is 0 Å². The summed E-state index contributed by atoms with van der Waals surface area (Å²) in [4.78, 5) is 27.3. The van der Waals surface area contributed by atoms with Crippen LogP contribution in [0.5, 0.6) is 0 Å². The Labute approximate surface area is 177 Å². The number of nitriles is 1. The van der Waals surface area contributed by atoms with Crippen molar-refractivity contribution >= 4 is 34.5 Å². The van der Waals surface area contributed by atoms with E-state index in [-0.39, 0.29) is 23.9 Å². The molecule has 0 radical (unpaired) electrons. The standard InChI is InChI=1S/C22H19FN4O2S/c1-27(22(29)20-10-5-13-30-20)19-9-3-2-6-15(19)21(28)26-12-11-25-18-8-4-7-17(23)16(18)14-24/h2-10,13,25H,11-12H2,1H3,(H,26,28). The second-order valence-corrected chi connectivity index (χ2v) is 7.26. The van der Waals surface area contributed by atoms with Crippen LogP contribution in [-0.4, -0.2) is 32.0 Å². The number of carbonyl (C=O) groups is 2. The lowest BCUT2D eigenvalue weighted by atomic mass is 10.1. The summed E-state index contributed by atoms with van der Waals surface area (Å²) in [6.45, 7) is 0.549. The molecule has 6 nitrogen and oxygen atoms in total. The van der Waals surface area contributed by atoms with E-state index in [1.54, 1.807) is 49.5 Å². The number of anilines is 2. The second-order valence-electron chi connectivity index (χ2n) is 6.32. The van der Waals surface area contributed by atoms with Gasteiger partial charge in [0.2, 0.25) is 0 Å². The number of benzene rings is 2. The summed E-state index contributed by atoms with van der Waals surface area (Å²) in [5.41, 5.74) is 1.17. The molecule has 1 aromatic heterocycles. The Bertz CT molecular complexity index is 1090. The Hall–Kier alpha value is -3.70. The largest absolute Gasteiger partial charge is 0.382 e. The van der Waals surface area contributed by atoms with Gasteiger partial charge in [-0.05, 0) is 35.7 Å². The van der Waals surface area contributed by atoms with Gasteiger partial charge in [0, 0.05) is 20.1 Å². The van der Waals surface area contributed by atoms with Gasteiger partial charge in [-0.15, -0.1) is 11.3 Å². The van der Waals surface area contributed by atoms with Gasteiger partial charge in [-0.2, -0.15) is 5.26 Å². The maximum Gasteiger partial charge on any atom is 0.268 e. The molecule has 0 aliphatic heterocycles. The third-order valence-electron chi connectivity index (χ3n) is 4.40. The normalized spacial score (nSPS) is 10.2. The number of amides is 2. The van der Waals surface area contributed by atoms with Crippen molar-refractivity contribution in [1.29, 1.82) is 5.26 Å². The van der Waals surface area contributed by atoms with Crippen molar-refractivity contribution in [3.63, 3.8) is 0 Å². The van der Waals surface area contributed by atoms with Crippen molar-refractivity contribution in [2.24, 2.45) is 0 Å². The molecule has 152 valence electrons. The van der Waals surface area contributed by atoms with Gasteiger partial charge in [0.15, 0.2) is 0 Å². The molecule has 2 N–H and O–H groups in total. The van der Waals surface area contributed by atoms with Gasteiger partial charge in [-0.1, -0.05) is 24.3 Å². The molecule has 0 saturated heterocycles. The van der Waals surface area contributed by atoms with Crippen LogP contribution in [0.4, 0.5) is 15.8 Å². The lowest BCUT2D eigenvalue weighted by molar-refractivity contribution is 0.0955. The average molecular weight is 422 g/mol. The molecular formula is C22H19FN4O2S. The van der Waals surface area contributed by atoms with E-state index in [0.717, 1.165) is 0 Å². The maximum atomic E-state index is 13.6. The molecule has 8 heteroatoms. The molecule has 3 rings (SSSR count). The zero-order chi connectivity index (χ0) is 21.5. The molecule has 30 heavy (non-hydrogen) atoms. The van der Waals surface area contributed by atoms with Crippen molar-refractivity contribution in [1.82, 2.24) is 5.32 Å². The molecule has 2 aromatic carbocycles. The van der Waals surface area contributed by atoms with Gasteiger partial charge in [0.25, 0.3) is 11.8 Å². The van der Waals surface area contributed by atoms with Crippen molar-refractivity contribution in [3.8, 4) is 6.07 Å². The minimum Gasteiger partial charge on any atom is -0.382 e. The van der Waals surface area contributed by atoms with E-state index in [0.29, 0.717) is 28.4 Å². The Balaban J connectivity index is 1.63. The summed E-state index contributed by atoms with van der Waals surface area (Å²) in [5.74, 6) is -1.13. The summed E-state index contributed by atoms with van der Waals surface area (Å²) in [6, 6.07) is 16.5. The van der Waals surface area contributed by atoms with Crippen molar-refractivity contribution < 1.29 is 14.0 Å². The third kappa shape index (κ3) is 4.64. The van der Waals surface area contributed by atoms with Gasteiger partial charge in [0.05, 0.1) is 21.8 Å². The summed E-state index contributed by atoms with van der Waals surface area (Å²) >= 11 is 1.34.